The molecule has 2 N–H and O–H groups in total. The van der Waals surface area contributed by atoms with Gasteiger partial charge in [0, 0.05) is 45.7 Å². The van der Waals surface area contributed by atoms with Gasteiger partial charge in [0.25, 0.3) is 0 Å². The first-order chi connectivity index (χ1) is 12.6. The van der Waals surface area contributed by atoms with Gasteiger partial charge in [0.2, 0.25) is 5.95 Å². The van der Waals surface area contributed by atoms with Gasteiger partial charge in [-0.2, -0.15) is 4.98 Å². The van der Waals surface area contributed by atoms with E-state index in [2.05, 4.69) is 20.2 Å². The van der Waals surface area contributed by atoms with Crippen molar-refractivity contribution in [1.82, 2.24) is 14.9 Å². The molecule has 26 heavy (non-hydrogen) atoms. The standard InChI is InChI=1S/C17H26FN5O3/c1-19-16-13(18)10-20-17(21-16)23-5-4-14(22-6-8-26-9-7-22)12(11-23)2-3-15(24)25/h10,12,14H,2-9,11H2,1H3,(H,24,25)(H,19,20,21)/t12-,14+/m1/s1. The van der Waals surface area contributed by atoms with Gasteiger partial charge in [0.05, 0.1) is 19.4 Å². The summed E-state index contributed by atoms with van der Waals surface area (Å²) >= 11 is 0. The predicted molar refractivity (Wildman–Crippen MR) is 94.9 cm³/mol. The highest BCUT2D eigenvalue weighted by molar-refractivity contribution is 5.66. The Labute approximate surface area is 152 Å². The number of rotatable bonds is 6. The summed E-state index contributed by atoms with van der Waals surface area (Å²) in [7, 11) is 1.62. The van der Waals surface area contributed by atoms with Crippen LogP contribution in [0.5, 0.6) is 0 Å². The van der Waals surface area contributed by atoms with Crippen LogP contribution >= 0.6 is 0 Å². The molecule has 2 fully saturated rings. The number of carbonyl (C=O) groups is 1. The zero-order valence-electron chi connectivity index (χ0n) is 15.0. The average Bonchev–Trinajstić information content (AvgIpc) is 2.67. The van der Waals surface area contributed by atoms with Gasteiger partial charge in [-0.15, -0.1) is 0 Å². The number of anilines is 2. The molecule has 0 radical (unpaired) electrons. The second-order valence-corrected chi connectivity index (χ2v) is 6.76. The minimum atomic E-state index is -0.779. The number of carboxylic acid groups (broad SMARTS) is 1. The van der Waals surface area contributed by atoms with Crippen LogP contribution in [0.15, 0.2) is 6.20 Å². The number of nitrogens with one attached hydrogen (secondary N) is 1. The van der Waals surface area contributed by atoms with E-state index in [1.54, 1.807) is 7.05 Å². The van der Waals surface area contributed by atoms with E-state index in [-0.39, 0.29) is 18.2 Å². The molecule has 0 amide bonds. The molecule has 2 atom stereocenters. The SMILES string of the molecule is CNc1nc(N2CC[C@H](N3CCOCC3)[C@H](CCC(=O)O)C2)ncc1F. The van der Waals surface area contributed by atoms with Gasteiger partial charge in [-0.3, -0.25) is 9.69 Å². The minimum absolute atomic E-state index is 0.144. The second-order valence-electron chi connectivity index (χ2n) is 6.76. The van der Waals surface area contributed by atoms with E-state index in [4.69, 9.17) is 9.84 Å². The molecule has 144 valence electrons. The number of aromatic nitrogens is 2. The average molecular weight is 367 g/mol. The Hall–Kier alpha value is -2.00. The van der Waals surface area contributed by atoms with Crippen LogP contribution in [0.2, 0.25) is 0 Å². The molecule has 2 aliphatic heterocycles. The van der Waals surface area contributed by atoms with Crippen molar-refractivity contribution in [2.24, 2.45) is 5.92 Å². The quantitative estimate of drug-likeness (QED) is 0.771. The molecular formula is C17H26FN5O3. The number of hydrogen-bond donors (Lipinski definition) is 2. The van der Waals surface area contributed by atoms with Crippen molar-refractivity contribution < 1.29 is 19.0 Å². The van der Waals surface area contributed by atoms with Crippen LogP contribution in [-0.2, 0) is 9.53 Å². The molecule has 9 heteroatoms. The lowest BCUT2D eigenvalue weighted by molar-refractivity contribution is -0.137. The summed E-state index contributed by atoms with van der Waals surface area (Å²) in [5, 5.41) is 11.8. The molecule has 0 unspecified atom stereocenters. The van der Waals surface area contributed by atoms with Gasteiger partial charge in [0.1, 0.15) is 0 Å². The van der Waals surface area contributed by atoms with E-state index in [9.17, 15) is 9.18 Å². The number of halogens is 1. The Bertz CT molecular complexity index is 626. The first kappa shape index (κ1) is 18.8. The number of carboxylic acids is 1. The topological polar surface area (TPSA) is 90.8 Å². The number of nitrogens with zero attached hydrogens (tertiary/aromatic N) is 4. The summed E-state index contributed by atoms with van der Waals surface area (Å²) in [6.07, 6.45) is 2.83. The summed E-state index contributed by atoms with van der Waals surface area (Å²) in [6.45, 7) is 4.64. The van der Waals surface area contributed by atoms with Crippen molar-refractivity contribution in [3.63, 3.8) is 0 Å². The minimum Gasteiger partial charge on any atom is -0.481 e. The molecular weight excluding hydrogens is 341 g/mol. The summed E-state index contributed by atoms with van der Waals surface area (Å²) in [6, 6.07) is 0.332. The third-order valence-electron chi connectivity index (χ3n) is 5.19. The third kappa shape index (κ3) is 4.39. The van der Waals surface area contributed by atoms with E-state index in [1.165, 1.54) is 6.20 Å². The molecule has 1 aromatic heterocycles. The smallest absolute Gasteiger partial charge is 0.303 e. The number of ether oxygens (including phenoxy) is 1. The number of hydrogen-bond acceptors (Lipinski definition) is 7. The Morgan fingerprint density at radius 1 is 1.42 bits per heavy atom. The van der Waals surface area contributed by atoms with E-state index in [1.807, 2.05) is 4.90 Å². The summed E-state index contributed by atoms with van der Waals surface area (Å²) in [4.78, 5) is 23.9. The van der Waals surface area contributed by atoms with Crippen LogP contribution in [0.1, 0.15) is 19.3 Å². The highest BCUT2D eigenvalue weighted by Gasteiger charge is 2.35. The van der Waals surface area contributed by atoms with E-state index in [0.717, 1.165) is 39.3 Å². The normalized spacial score (nSPS) is 24.5. The molecule has 0 saturated carbocycles. The number of aliphatic carboxylic acids is 1. The van der Waals surface area contributed by atoms with Crippen molar-refractivity contribution >= 4 is 17.7 Å². The van der Waals surface area contributed by atoms with E-state index in [0.29, 0.717) is 25.0 Å². The van der Waals surface area contributed by atoms with E-state index >= 15 is 0 Å². The van der Waals surface area contributed by atoms with Gasteiger partial charge in [-0.25, -0.2) is 9.37 Å². The Morgan fingerprint density at radius 3 is 2.88 bits per heavy atom. The molecule has 1 aromatic rings. The molecule has 2 aliphatic rings. The van der Waals surface area contributed by atoms with Gasteiger partial charge in [-0.1, -0.05) is 0 Å². The van der Waals surface area contributed by atoms with Crippen LogP contribution in [0.4, 0.5) is 16.2 Å². The molecule has 0 aliphatic carbocycles. The largest absolute Gasteiger partial charge is 0.481 e. The van der Waals surface area contributed by atoms with Crippen molar-refractivity contribution in [2.45, 2.75) is 25.3 Å². The second kappa shape index (κ2) is 8.59. The van der Waals surface area contributed by atoms with Gasteiger partial charge in [0.15, 0.2) is 11.6 Å². The first-order valence-corrected chi connectivity index (χ1v) is 9.07. The Morgan fingerprint density at radius 2 is 2.19 bits per heavy atom. The molecule has 0 bridgehead atoms. The fourth-order valence-corrected chi connectivity index (χ4v) is 3.87. The molecule has 2 saturated heterocycles. The van der Waals surface area contributed by atoms with Crippen LogP contribution in [0.3, 0.4) is 0 Å². The molecule has 0 aromatic carbocycles. The van der Waals surface area contributed by atoms with Gasteiger partial charge < -0.3 is 20.1 Å². The first-order valence-electron chi connectivity index (χ1n) is 9.07. The predicted octanol–water partition coefficient (Wildman–Crippen LogP) is 1.05. The number of piperidine rings is 1. The van der Waals surface area contributed by atoms with Crippen molar-refractivity contribution in [3.05, 3.63) is 12.0 Å². The Kier molecular flexibility index (Phi) is 6.20. The molecule has 0 spiro atoms. The zero-order chi connectivity index (χ0) is 18.5. The summed E-state index contributed by atoms with van der Waals surface area (Å²) in [5.74, 6) is -0.409. The fraction of sp³-hybridized carbons (Fsp3) is 0.706. The zero-order valence-corrected chi connectivity index (χ0v) is 15.0. The molecule has 3 heterocycles. The lowest BCUT2D eigenvalue weighted by Crippen LogP contribution is -2.54. The third-order valence-corrected chi connectivity index (χ3v) is 5.19. The number of morpholine rings is 1. The summed E-state index contributed by atoms with van der Waals surface area (Å²) < 4.78 is 19.1. The Balaban J connectivity index is 1.73. The monoisotopic (exact) mass is 367 g/mol. The fourth-order valence-electron chi connectivity index (χ4n) is 3.87. The highest BCUT2D eigenvalue weighted by atomic mass is 19.1. The van der Waals surface area contributed by atoms with Gasteiger partial charge in [-0.05, 0) is 18.8 Å². The highest BCUT2D eigenvalue weighted by Crippen LogP contribution is 2.29. The van der Waals surface area contributed by atoms with Crippen LogP contribution in [-0.4, -0.2) is 78.4 Å². The van der Waals surface area contributed by atoms with E-state index < -0.39 is 11.8 Å². The maximum Gasteiger partial charge on any atom is 0.303 e. The van der Waals surface area contributed by atoms with Crippen molar-refractivity contribution in [3.8, 4) is 0 Å². The van der Waals surface area contributed by atoms with Crippen molar-refractivity contribution in [1.29, 1.82) is 0 Å². The maximum absolute atomic E-state index is 13.6. The summed E-state index contributed by atoms with van der Waals surface area (Å²) in [5.41, 5.74) is 0. The van der Waals surface area contributed by atoms with Crippen LogP contribution in [0.25, 0.3) is 0 Å². The van der Waals surface area contributed by atoms with Crippen molar-refractivity contribution in [2.75, 3.05) is 56.7 Å². The lowest BCUT2D eigenvalue weighted by atomic mass is 9.87. The van der Waals surface area contributed by atoms with Crippen LogP contribution in [0, 0.1) is 11.7 Å². The molecule has 8 nitrogen and oxygen atoms in total. The maximum atomic E-state index is 13.6. The molecule has 3 rings (SSSR count). The lowest BCUT2D eigenvalue weighted by Gasteiger charge is -2.45. The van der Waals surface area contributed by atoms with Crippen LogP contribution < -0.4 is 10.2 Å². The van der Waals surface area contributed by atoms with Gasteiger partial charge >= 0.3 is 5.97 Å².